The fraction of sp³-hybridized carbons (Fsp3) is 0.136. The summed E-state index contributed by atoms with van der Waals surface area (Å²) in [6.45, 7) is 0.574. The van der Waals surface area contributed by atoms with Gasteiger partial charge in [-0.25, -0.2) is 4.99 Å². The summed E-state index contributed by atoms with van der Waals surface area (Å²) in [6, 6.07) is 26.3. The van der Waals surface area contributed by atoms with Crippen molar-refractivity contribution in [3.8, 4) is 0 Å². The van der Waals surface area contributed by atoms with Crippen molar-refractivity contribution in [1.82, 2.24) is 10.6 Å². The van der Waals surface area contributed by atoms with Crippen molar-refractivity contribution in [2.75, 3.05) is 0 Å². The first kappa shape index (κ1) is 17.9. The van der Waals surface area contributed by atoms with Crippen molar-refractivity contribution < 1.29 is 0 Å². The number of guanidine groups is 1. The maximum Gasteiger partial charge on any atom is 0.192 e. The first-order valence-electron chi connectivity index (χ1n) is 8.83. The lowest BCUT2D eigenvalue weighted by Gasteiger charge is -2.19. The Morgan fingerprint density at radius 2 is 1.52 bits per heavy atom. The SMILES string of the molecule is Clc1ccc(CNC2=N[C@H](c3ccccc3)[C@@H](c3ccccc3)N2)c(Cl)c1. The van der Waals surface area contributed by atoms with E-state index in [0.29, 0.717) is 16.6 Å². The van der Waals surface area contributed by atoms with Crippen LogP contribution in [-0.2, 0) is 6.54 Å². The standard InChI is InChI=1S/C22H19Cl2N3/c23-18-12-11-17(19(24)13-18)14-25-22-26-20(15-7-3-1-4-8-15)21(27-22)16-9-5-2-6-10-16/h1-13,20-21H,14H2,(H2,25,26,27)/t20-,21-/m1/s1. The Morgan fingerprint density at radius 1 is 0.852 bits per heavy atom. The van der Waals surface area contributed by atoms with E-state index in [1.54, 1.807) is 6.07 Å². The Labute approximate surface area is 169 Å². The highest BCUT2D eigenvalue weighted by atomic mass is 35.5. The van der Waals surface area contributed by atoms with Crippen LogP contribution >= 0.6 is 23.2 Å². The van der Waals surface area contributed by atoms with Crippen molar-refractivity contribution in [2.24, 2.45) is 4.99 Å². The van der Waals surface area contributed by atoms with E-state index >= 15 is 0 Å². The molecule has 1 aliphatic heterocycles. The lowest BCUT2D eigenvalue weighted by Crippen LogP contribution is -2.35. The minimum Gasteiger partial charge on any atom is -0.352 e. The lowest BCUT2D eigenvalue weighted by molar-refractivity contribution is 0.570. The van der Waals surface area contributed by atoms with Crippen molar-refractivity contribution in [3.63, 3.8) is 0 Å². The molecule has 3 aromatic carbocycles. The molecule has 0 bridgehead atoms. The second-order valence-electron chi connectivity index (χ2n) is 6.46. The molecule has 27 heavy (non-hydrogen) atoms. The highest BCUT2D eigenvalue weighted by molar-refractivity contribution is 6.35. The van der Waals surface area contributed by atoms with E-state index in [4.69, 9.17) is 28.2 Å². The van der Waals surface area contributed by atoms with Crippen molar-refractivity contribution in [3.05, 3.63) is 106 Å². The minimum atomic E-state index is 0.0109. The summed E-state index contributed by atoms with van der Waals surface area (Å²) in [5.74, 6) is 0.767. The van der Waals surface area contributed by atoms with Gasteiger partial charge in [-0.05, 0) is 28.8 Å². The summed E-state index contributed by atoms with van der Waals surface area (Å²) in [7, 11) is 0. The number of halogens is 2. The van der Waals surface area contributed by atoms with Gasteiger partial charge < -0.3 is 10.6 Å². The van der Waals surface area contributed by atoms with Crippen LogP contribution in [0, 0.1) is 0 Å². The topological polar surface area (TPSA) is 36.4 Å². The third-order valence-corrected chi connectivity index (χ3v) is 5.22. The van der Waals surface area contributed by atoms with E-state index in [9.17, 15) is 0 Å². The molecule has 0 aliphatic carbocycles. The lowest BCUT2D eigenvalue weighted by atomic mass is 9.95. The molecule has 1 heterocycles. The van der Waals surface area contributed by atoms with Crippen LogP contribution in [0.15, 0.2) is 83.9 Å². The van der Waals surface area contributed by atoms with Gasteiger partial charge in [0, 0.05) is 16.6 Å². The van der Waals surface area contributed by atoms with Crippen LogP contribution in [0.2, 0.25) is 10.0 Å². The summed E-state index contributed by atoms with van der Waals surface area (Å²) in [5, 5.41) is 8.17. The largest absolute Gasteiger partial charge is 0.352 e. The van der Waals surface area contributed by atoms with E-state index < -0.39 is 0 Å². The van der Waals surface area contributed by atoms with E-state index in [1.165, 1.54) is 11.1 Å². The van der Waals surface area contributed by atoms with Crippen molar-refractivity contribution >= 4 is 29.2 Å². The zero-order valence-electron chi connectivity index (χ0n) is 14.6. The third-order valence-electron chi connectivity index (χ3n) is 4.64. The molecule has 3 nitrogen and oxygen atoms in total. The predicted molar refractivity (Wildman–Crippen MR) is 112 cm³/mol. The van der Waals surface area contributed by atoms with Gasteiger partial charge in [0.05, 0.1) is 6.04 Å². The van der Waals surface area contributed by atoms with Gasteiger partial charge >= 0.3 is 0 Å². The van der Waals surface area contributed by atoms with E-state index in [1.807, 2.05) is 36.4 Å². The molecule has 5 heteroatoms. The van der Waals surface area contributed by atoms with Gasteiger partial charge in [0.25, 0.3) is 0 Å². The summed E-state index contributed by atoms with van der Waals surface area (Å²) < 4.78 is 0. The van der Waals surface area contributed by atoms with Crippen LogP contribution in [0.4, 0.5) is 0 Å². The molecular weight excluding hydrogens is 377 g/mol. The van der Waals surface area contributed by atoms with Crippen LogP contribution in [0.5, 0.6) is 0 Å². The second kappa shape index (κ2) is 8.03. The Bertz CT molecular complexity index is 942. The summed E-state index contributed by atoms with van der Waals surface area (Å²) >= 11 is 12.3. The summed E-state index contributed by atoms with van der Waals surface area (Å²) in [6.07, 6.45) is 0. The molecule has 0 saturated carbocycles. The van der Waals surface area contributed by atoms with Gasteiger partial charge in [-0.3, -0.25) is 0 Å². The monoisotopic (exact) mass is 395 g/mol. The molecule has 0 aromatic heterocycles. The molecule has 0 saturated heterocycles. The zero-order valence-corrected chi connectivity index (χ0v) is 16.1. The molecule has 1 aliphatic rings. The number of nitrogens with one attached hydrogen (secondary N) is 2. The van der Waals surface area contributed by atoms with Gasteiger partial charge in [0.2, 0.25) is 0 Å². The average molecular weight is 396 g/mol. The molecule has 0 fully saturated rings. The first-order chi connectivity index (χ1) is 13.2. The van der Waals surface area contributed by atoms with Crippen LogP contribution < -0.4 is 10.6 Å². The fourth-order valence-corrected chi connectivity index (χ4v) is 3.74. The number of nitrogens with zero attached hydrogens (tertiary/aromatic N) is 1. The van der Waals surface area contributed by atoms with Gasteiger partial charge in [-0.1, -0.05) is 89.9 Å². The normalized spacial score (nSPS) is 18.7. The minimum absolute atomic E-state index is 0.0109. The Morgan fingerprint density at radius 3 is 2.19 bits per heavy atom. The Kier molecular flexibility index (Phi) is 5.33. The average Bonchev–Trinajstić information content (AvgIpc) is 3.13. The fourth-order valence-electron chi connectivity index (χ4n) is 3.26. The molecule has 2 atom stereocenters. The highest BCUT2D eigenvalue weighted by Gasteiger charge is 2.31. The van der Waals surface area contributed by atoms with Gasteiger partial charge in [-0.15, -0.1) is 0 Å². The van der Waals surface area contributed by atoms with E-state index in [-0.39, 0.29) is 12.1 Å². The number of hydrogen-bond acceptors (Lipinski definition) is 3. The van der Waals surface area contributed by atoms with Gasteiger partial charge in [-0.2, -0.15) is 0 Å². The number of rotatable bonds is 4. The molecule has 0 radical (unpaired) electrons. The first-order valence-corrected chi connectivity index (χ1v) is 9.58. The van der Waals surface area contributed by atoms with Crippen LogP contribution in [0.3, 0.4) is 0 Å². The molecule has 0 unspecified atom stereocenters. The van der Waals surface area contributed by atoms with Crippen LogP contribution in [0.1, 0.15) is 28.8 Å². The maximum absolute atomic E-state index is 6.28. The number of hydrogen-bond donors (Lipinski definition) is 2. The smallest absolute Gasteiger partial charge is 0.192 e. The predicted octanol–water partition coefficient (Wildman–Crippen LogP) is 5.52. The van der Waals surface area contributed by atoms with Crippen molar-refractivity contribution in [2.45, 2.75) is 18.6 Å². The number of benzene rings is 3. The second-order valence-corrected chi connectivity index (χ2v) is 7.30. The quantitative estimate of drug-likeness (QED) is 0.609. The zero-order chi connectivity index (χ0) is 18.6. The van der Waals surface area contributed by atoms with Gasteiger partial charge in [0.15, 0.2) is 5.96 Å². The van der Waals surface area contributed by atoms with Gasteiger partial charge in [0.1, 0.15) is 6.04 Å². The van der Waals surface area contributed by atoms with Crippen LogP contribution in [0.25, 0.3) is 0 Å². The molecular formula is C22H19Cl2N3. The van der Waals surface area contributed by atoms with Crippen molar-refractivity contribution in [1.29, 1.82) is 0 Å². The third kappa shape index (κ3) is 4.10. The summed E-state index contributed by atoms with van der Waals surface area (Å²) in [5.41, 5.74) is 3.36. The van der Waals surface area contributed by atoms with E-state index in [2.05, 4.69) is 47.0 Å². The Hall–Kier alpha value is -2.49. The molecule has 0 spiro atoms. The molecule has 3 aromatic rings. The van der Waals surface area contributed by atoms with Crippen LogP contribution in [-0.4, -0.2) is 5.96 Å². The summed E-state index contributed by atoms with van der Waals surface area (Å²) in [4.78, 5) is 4.90. The Balaban J connectivity index is 1.56. The molecule has 0 amide bonds. The molecule has 2 N–H and O–H groups in total. The number of aliphatic imine (C=N–C) groups is 1. The molecule has 136 valence electrons. The maximum atomic E-state index is 6.28. The highest BCUT2D eigenvalue weighted by Crippen LogP contribution is 2.35. The van der Waals surface area contributed by atoms with E-state index in [0.717, 1.165) is 11.5 Å². The molecule has 4 rings (SSSR count).